The third-order valence-electron chi connectivity index (χ3n) is 2.14. The zero-order valence-electron chi connectivity index (χ0n) is 8.15. The zero-order valence-corrected chi connectivity index (χ0v) is 8.97. The van der Waals surface area contributed by atoms with Gasteiger partial charge in [-0.25, -0.2) is 9.78 Å². The van der Waals surface area contributed by atoms with E-state index in [0.29, 0.717) is 0 Å². The number of hydrogen-bond donors (Lipinski definition) is 2. The van der Waals surface area contributed by atoms with E-state index in [0.717, 1.165) is 21.6 Å². The van der Waals surface area contributed by atoms with Gasteiger partial charge in [-0.3, -0.25) is 0 Å². The molecule has 0 atom stereocenters. The summed E-state index contributed by atoms with van der Waals surface area (Å²) in [6.07, 6.45) is 0.849. The van der Waals surface area contributed by atoms with E-state index in [2.05, 4.69) is 4.98 Å². The first-order valence-corrected chi connectivity index (χ1v) is 5.35. The van der Waals surface area contributed by atoms with Gasteiger partial charge in [-0.2, -0.15) is 0 Å². The fraction of sp³-hybridized carbons (Fsp3) is 0.200. The number of anilines is 1. The molecule has 0 amide bonds. The maximum Gasteiger partial charge on any atom is 0.337 e. The van der Waals surface area contributed by atoms with E-state index in [-0.39, 0.29) is 11.3 Å². The average Bonchev–Trinajstić information content (AvgIpc) is 2.58. The Morgan fingerprint density at radius 1 is 1.60 bits per heavy atom. The van der Waals surface area contributed by atoms with Crippen LogP contribution in [0.1, 0.15) is 22.3 Å². The molecule has 2 aromatic rings. The zero-order chi connectivity index (χ0) is 11.0. The molecular weight excluding hydrogens is 212 g/mol. The van der Waals surface area contributed by atoms with Crippen molar-refractivity contribution in [3.8, 4) is 0 Å². The Labute approximate surface area is 90.4 Å². The van der Waals surface area contributed by atoms with Crippen molar-refractivity contribution in [3.63, 3.8) is 0 Å². The molecule has 0 fully saturated rings. The number of carbonyl (C=O) groups is 1. The lowest BCUT2D eigenvalue weighted by Crippen LogP contribution is -2.01. The molecule has 3 N–H and O–H groups in total. The molecule has 1 aromatic heterocycles. The van der Waals surface area contributed by atoms with Crippen LogP contribution >= 0.6 is 11.3 Å². The molecule has 0 saturated carbocycles. The van der Waals surface area contributed by atoms with Crippen molar-refractivity contribution in [2.75, 3.05) is 5.73 Å². The number of carboxylic acid groups (broad SMARTS) is 1. The predicted molar refractivity (Wildman–Crippen MR) is 60.4 cm³/mol. The predicted octanol–water partition coefficient (Wildman–Crippen LogP) is 2.14. The van der Waals surface area contributed by atoms with Gasteiger partial charge in [-0.15, -0.1) is 11.3 Å². The molecule has 0 saturated heterocycles. The smallest absolute Gasteiger partial charge is 0.337 e. The number of aromatic carboxylic acids is 1. The van der Waals surface area contributed by atoms with Gasteiger partial charge in [0.05, 0.1) is 20.8 Å². The largest absolute Gasteiger partial charge is 0.478 e. The van der Waals surface area contributed by atoms with Gasteiger partial charge >= 0.3 is 5.97 Å². The molecule has 0 aliphatic heterocycles. The number of nitrogens with zero attached hydrogens (tertiary/aromatic N) is 1. The molecule has 78 valence electrons. The van der Waals surface area contributed by atoms with Crippen LogP contribution < -0.4 is 5.73 Å². The number of thiazole rings is 1. The van der Waals surface area contributed by atoms with Crippen LogP contribution in [0.5, 0.6) is 0 Å². The van der Waals surface area contributed by atoms with Gasteiger partial charge in [-0.05, 0) is 18.6 Å². The van der Waals surface area contributed by atoms with E-state index in [1.807, 2.05) is 6.92 Å². The highest BCUT2D eigenvalue weighted by molar-refractivity contribution is 7.18. The van der Waals surface area contributed by atoms with Crippen LogP contribution in [0.3, 0.4) is 0 Å². The Hall–Kier alpha value is -1.62. The van der Waals surface area contributed by atoms with Crippen molar-refractivity contribution in [2.45, 2.75) is 13.3 Å². The molecule has 1 aromatic carbocycles. The van der Waals surface area contributed by atoms with Crippen LogP contribution in [0.2, 0.25) is 0 Å². The normalized spacial score (nSPS) is 10.7. The van der Waals surface area contributed by atoms with Crippen LogP contribution in [0.25, 0.3) is 10.2 Å². The topological polar surface area (TPSA) is 76.2 Å². The van der Waals surface area contributed by atoms with E-state index >= 15 is 0 Å². The Morgan fingerprint density at radius 2 is 2.33 bits per heavy atom. The lowest BCUT2D eigenvalue weighted by Gasteiger charge is -1.98. The molecule has 4 nitrogen and oxygen atoms in total. The van der Waals surface area contributed by atoms with Crippen LogP contribution in [-0.4, -0.2) is 16.1 Å². The summed E-state index contributed by atoms with van der Waals surface area (Å²) >= 11 is 1.51. The Bertz CT molecular complexity index is 533. The summed E-state index contributed by atoms with van der Waals surface area (Å²) in [5.74, 6) is -0.999. The number of nitrogens with two attached hydrogens (primary N) is 1. The Morgan fingerprint density at radius 3 is 2.93 bits per heavy atom. The number of fused-ring (bicyclic) bond motifs is 1. The van der Waals surface area contributed by atoms with Crippen molar-refractivity contribution in [3.05, 3.63) is 22.7 Å². The van der Waals surface area contributed by atoms with Gasteiger partial charge in [0.2, 0.25) is 0 Å². The van der Waals surface area contributed by atoms with Gasteiger partial charge in [0.25, 0.3) is 0 Å². The van der Waals surface area contributed by atoms with Crippen LogP contribution in [0.4, 0.5) is 5.69 Å². The molecule has 1 heterocycles. The third-order valence-corrected chi connectivity index (χ3v) is 3.30. The number of benzene rings is 1. The highest BCUT2D eigenvalue weighted by Crippen LogP contribution is 2.27. The maximum absolute atomic E-state index is 10.8. The molecule has 15 heavy (non-hydrogen) atoms. The summed E-state index contributed by atoms with van der Waals surface area (Å²) in [4.78, 5) is 15.2. The Balaban J connectivity index is 2.68. The molecule has 5 heteroatoms. The van der Waals surface area contributed by atoms with E-state index in [4.69, 9.17) is 10.8 Å². The molecule has 0 radical (unpaired) electrons. The van der Waals surface area contributed by atoms with Gasteiger partial charge in [-0.1, -0.05) is 6.92 Å². The number of rotatable bonds is 2. The van der Waals surface area contributed by atoms with Gasteiger partial charge in [0.15, 0.2) is 0 Å². The minimum absolute atomic E-state index is 0.147. The second-order valence-corrected chi connectivity index (χ2v) is 4.29. The second-order valence-electron chi connectivity index (χ2n) is 3.17. The number of aromatic nitrogens is 1. The van der Waals surface area contributed by atoms with Crippen LogP contribution in [-0.2, 0) is 6.42 Å². The first-order chi connectivity index (χ1) is 7.11. The summed E-state index contributed by atoms with van der Waals surface area (Å²) in [5, 5.41) is 9.89. The lowest BCUT2D eigenvalue weighted by atomic mass is 10.2. The standard InChI is InChI=1S/C10H10N2O2S/c1-2-9-12-7-4-6(11)5(10(13)14)3-8(7)15-9/h3-4H,2,11H2,1H3,(H,13,14). The second kappa shape index (κ2) is 3.51. The first-order valence-electron chi connectivity index (χ1n) is 4.54. The van der Waals surface area contributed by atoms with E-state index in [1.165, 1.54) is 11.3 Å². The fourth-order valence-electron chi connectivity index (χ4n) is 1.37. The molecule has 2 rings (SSSR count). The van der Waals surface area contributed by atoms with Crippen molar-refractivity contribution < 1.29 is 9.90 Å². The first kappa shape index (κ1) is 9.92. The lowest BCUT2D eigenvalue weighted by molar-refractivity contribution is 0.0698. The molecular formula is C10H10N2O2S. The summed E-state index contributed by atoms with van der Waals surface area (Å²) in [7, 11) is 0. The minimum atomic E-state index is -0.999. The number of hydrogen-bond acceptors (Lipinski definition) is 4. The summed E-state index contributed by atoms with van der Waals surface area (Å²) < 4.78 is 0.874. The van der Waals surface area contributed by atoms with Crippen molar-refractivity contribution in [2.24, 2.45) is 0 Å². The van der Waals surface area contributed by atoms with Crippen molar-refractivity contribution in [1.82, 2.24) is 4.98 Å². The van der Waals surface area contributed by atoms with Crippen LogP contribution in [0, 0.1) is 0 Å². The summed E-state index contributed by atoms with van der Waals surface area (Å²) in [5.41, 5.74) is 6.81. The molecule has 0 bridgehead atoms. The molecule has 0 spiro atoms. The molecule has 0 aliphatic carbocycles. The van der Waals surface area contributed by atoms with E-state index < -0.39 is 5.97 Å². The van der Waals surface area contributed by atoms with E-state index in [9.17, 15) is 4.79 Å². The number of aryl methyl sites for hydroxylation is 1. The summed E-state index contributed by atoms with van der Waals surface area (Å²) in [6.45, 7) is 2.01. The quantitative estimate of drug-likeness (QED) is 0.763. The van der Waals surface area contributed by atoms with Crippen molar-refractivity contribution in [1.29, 1.82) is 0 Å². The third kappa shape index (κ3) is 1.66. The Kier molecular flexibility index (Phi) is 2.32. The van der Waals surface area contributed by atoms with Crippen molar-refractivity contribution >= 4 is 33.2 Å². The highest BCUT2D eigenvalue weighted by Gasteiger charge is 2.11. The highest BCUT2D eigenvalue weighted by atomic mass is 32.1. The fourth-order valence-corrected chi connectivity index (χ4v) is 2.30. The SMILES string of the molecule is CCc1nc2cc(N)c(C(=O)O)cc2s1. The van der Waals surface area contributed by atoms with Gasteiger partial charge < -0.3 is 10.8 Å². The minimum Gasteiger partial charge on any atom is -0.478 e. The monoisotopic (exact) mass is 222 g/mol. The summed E-state index contributed by atoms with van der Waals surface area (Å²) in [6, 6.07) is 3.21. The van der Waals surface area contributed by atoms with Crippen LogP contribution in [0.15, 0.2) is 12.1 Å². The average molecular weight is 222 g/mol. The van der Waals surface area contributed by atoms with Gasteiger partial charge in [0, 0.05) is 5.69 Å². The number of nitrogen functional groups attached to an aromatic ring is 1. The van der Waals surface area contributed by atoms with Gasteiger partial charge in [0.1, 0.15) is 0 Å². The number of carboxylic acids is 1. The van der Waals surface area contributed by atoms with E-state index in [1.54, 1.807) is 12.1 Å². The maximum atomic E-state index is 10.8. The molecule has 0 aliphatic rings. The molecule has 0 unspecified atom stereocenters.